The second-order valence-corrected chi connectivity index (χ2v) is 9.80. The SMILES string of the molecule is COC(=O)N1c2ccc3c(nc(Nc4cccc(C)c4)n3C3CCC(C(=O)O)CC3)c2CCC1C. The minimum atomic E-state index is -0.705. The molecule has 2 N–H and O–H groups in total. The maximum absolute atomic E-state index is 12.6. The molecule has 1 atom stereocenters. The van der Waals surface area contributed by atoms with E-state index >= 15 is 0 Å². The number of anilines is 3. The molecule has 1 fully saturated rings. The first-order valence-electron chi connectivity index (χ1n) is 12.3. The van der Waals surface area contributed by atoms with Crippen LogP contribution in [0.15, 0.2) is 36.4 Å². The van der Waals surface area contributed by atoms with Gasteiger partial charge in [-0.05, 0) is 82.2 Å². The highest BCUT2D eigenvalue weighted by Gasteiger charge is 2.33. The van der Waals surface area contributed by atoms with Crippen LogP contribution in [0.5, 0.6) is 0 Å². The van der Waals surface area contributed by atoms with E-state index in [1.807, 2.05) is 31.2 Å². The zero-order valence-electron chi connectivity index (χ0n) is 20.5. The van der Waals surface area contributed by atoms with Crippen LogP contribution in [-0.2, 0) is 16.0 Å². The molecule has 0 saturated heterocycles. The number of nitrogens with zero attached hydrogens (tertiary/aromatic N) is 3. The van der Waals surface area contributed by atoms with Crippen molar-refractivity contribution in [2.75, 3.05) is 17.3 Å². The van der Waals surface area contributed by atoms with Crippen molar-refractivity contribution in [2.45, 2.75) is 64.5 Å². The standard InChI is InChI=1S/C27H32N4O4/c1-16-5-4-6-19(15-16)28-26-29-24-21-12-7-17(2)30(27(34)35-3)22(21)13-14-23(24)31(26)20-10-8-18(9-11-20)25(32)33/h4-6,13-15,17-18,20H,7-12H2,1-3H3,(H,28,29)(H,32,33). The van der Waals surface area contributed by atoms with E-state index in [-0.39, 0.29) is 24.1 Å². The molecule has 1 amide bonds. The number of amides is 1. The summed E-state index contributed by atoms with van der Waals surface area (Å²) in [6.07, 6.45) is 4.18. The summed E-state index contributed by atoms with van der Waals surface area (Å²) in [5.74, 6) is -0.235. The fourth-order valence-electron chi connectivity index (χ4n) is 5.67. The van der Waals surface area contributed by atoms with Crippen LogP contribution in [0, 0.1) is 12.8 Å². The van der Waals surface area contributed by atoms with Gasteiger partial charge in [-0.25, -0.2) is 9.78 Å². The smallest absolute Gasteiger partial charge is 0.414 e. The first-order valence-corrected chi connectivity index (χ1v) is 12.3. The molecule has 35 heavy (non-hydrogen) atoms. The molecule has 1 aromatic heterocycles. The van der Waals surface area contributed by atoms with E-state index in [1.165, 1.54) is 7.11 Å². The third-order valence-electron chi connectivity index (χ3n) is 7.51. The number of ether oxygens (including phenoxy) is 1. The van der Waals surface area contributed by atoms with Gasteiger partial charge >= 0.3 is 12.1 Å². The molecule has 1 saturated carbocycles. The zero-order valence-corrected chi connectivity index (χ0v) is 20.5. The number of rotatable bonds is 4. The third-order valence-corrected chi connectivity index (χ3v) is 7.51. The molecule has 0 radical (unpaired) electrons. The van der Waals surface area contributed by atoms with Gasteiger partial charge < -0.3 is 19.7 Å². The number of aromatic nitrogens is 2. The maximum atomic E-state index is 12.6. The first-order chi connectivity index (χ1) is 16.9. The van der Waals surface area contributed by atoms with Gasteiger partial charge in [0.05, 0.1) is 29.7 Å². The lowest BCUT2D eigenvalue weighted by Crippen LogP contribution is -2.42. The Bertz CT molecular complexity index is 1280. The van der Waals surface area contributed by atoms with Crippen LogP contribution in [0.3, 0.4) is 0 Å². The average molecular weight is 477 g/mol. The Labute approximate surface area is 204 Å². The highest BCUT2D eigenvalue weighted by Crippen LogP contribution is 2.41. The van der Waals surface area contributed by atoms with Gasteiger partial charge in [0.1, 0.15) is 0 Å². The van der Waals surface area contributed by atoms with Crippen LogP contribution in [-0.4, -0.2) is 39.9 Å². The summed E-state index contributed by atoms with van der Waals surface area (Å²) in [5, 5.41) is 13.0. The van der Waals surface area contributed by atoms with E-state index in [0.717, 1.165) is 65.2 Å². The van der Waals surface area contributed by atoms with Crippen LogP contribution >= 0.6 is 0 Å². The van der Waals surface area contributed by atoms with Gasteiger partial charge in [-0.15, -0.1) is 0 Å². The summed E-state index contributed by atoms with van der Waals surface area (Å²) in [4.78, 5) is 30.9. The van der Waals surface area contributed by atoms with E-state index in [1.54, 1.807) is 4.90 Å². The number of methoxy groups -OCH3 is 1. The number of benzene rings is 2. The second-order valence-electron chi connectivity index (χ2n) is 9.80. The van der Waals surface area contributed by atoms with Crippen molar-refractivity contribution in [3.8, 4) is 0 Å². The number of aliphatic carboxylic acids is 1. The minimum Gasteiger partial charge on any atom is -0.481 e. The molecule has 3 aromatic rings. The summed E-state index contributed by atoms with van der Waals surface area (Å²) in [6, 6.07) is 12.4. The number of carboxylic acids is 1. The van der Waals surface area contributed by atoms with Crippen molar-refractivity contribution in [3.05, 3.63) is 47.5 Å². The largest absolute Gasteiger partial charge is 0.481 e. The fourth-order valence-corrected chi connectivity index (χ4v) is 5.67. The number of carbonyl (C=O) groups is 2. The molecule has 8 heteroatoms. The second kappa shape index (κ2) is 9.24. The monoisotopic (exact) mass is 476 g/mol. The lowest BCUT2D eigenvalue weighted by Gasteiger charge is -2.34. The quantitative estimate of drug-likeness (QED) is 0.493. The van der Waals surface area contributed by atoms with E-state index in [2.05, 4.69) is 28.9 Å². The van der Waals surface area contributed by atoms with Gasteiger partial charge in [-0.2, -0.15) is 0 Å². The van der Waals surface area contributed by atoms with Crippen molar-refractivity contribution >= 4 is 40.4 Å². The maximum Gasteiger partial charge on any atom is 0.414 e. The molecule has 2 heterocycles. The predicted octanol–water partition coefficient (Wildman–Crippen LogP) is 5.81. The molecular formula is C27H32N4O4. The number of carbonyl (C=O) groups excluding carboxylic acids is 1. The van der Waals surface area contributed by atoms with E-state index < -0.39 is 5.97 Å². The lowest BCUT2D eigenvalue weighted by molar-refractivity contribution is -0.143. The minimum absolute atomic E-state index is 0.0469. The molecular weight excluding hydrogens is 444 g/mol. The highest BCUT2D eigenvalue weighted by atomic mass is 16.5. The number of hydrogen-bond donors (Lipinski definition) is 2. The predicted molar refractivity (Wildman–Crippen MR) is 135 cm³/mol. The first kappa shape index (κ1) is 23.2. The fraction of sp³-hybridized carbons (Fsp3) is 0.444. The molecule has 1 unspecified atom stereocenters. The van der Waals surface area contributed by atoms with Crippen molar-refractivity contribution in [3.63, 3.8) is 0 Å². The van der Waals surface area contributed by atoms with Gasteiger partial charge in [0, 0.05) is 23.3 Å². The van der Waals surface area contributed by atoms with Gasteiger partial charge in [-0.1, -0.05) is 12.1 Å². The molecule has 184 valence electrons. The normalized spacial score (nSPS) is 22.0. The Balaban J connectivity index is 1.62. The Morgan fingerprint density at radius 3 is 2.57 bits per heavy atom. The van der Waals surface area contributed by atoms with E-state index in [0.29, 0.717) is 12.8 Å². The summed E-state index contributed by atoms with van der Waals surface area (Å²) >= 11 is 0. The van der Waals surface area contributed by atoms with Crippen molar-refractivity contribution in [1.82, 2.24) is 9.55 Å². The zero-order chi connectivity index (χ0) is 24.7. The number of aryl methyl sites for hydroxylation is 2. The number of carboxylic acid groups (broad SMARTS) is 1. The van der Waals surface area contributed by atoms with Gasteiger partial charge in [0.25, 0.3) is 0 Å². The molecule has 1 aliphatic heterocycles. The average Bonchev–Trinajstić information content (AvgIpc) is 3.21. The highest BCUT2D eigenvalue weighted by molar-refractivity contribution is 5.96. The third kappa shape index (κ3) is 4.22. The van der Waals surface area contributed by atoms with Crippen LogP contribution in [0.25, 0.3) is 11.0 Å². The Morgan fingerprint density at radius 1 is 1.11 bits per heavy atom. The van der Waals surface area contributed by atoms with Crippen LogP contribution in [0.4, 0.5) is 22.1 Å². The molecule has 2 aromatic carbocycles. The topological polar surface area (TPSA) is 96.7 Å². The number of fused-ring (bicyclic) bond motifs is 3. The summed E-state index contributed by atoms with van der Waals surface area (Å²) in [7, 11) is 1.41. The van der Waals surface area contributed by atoms with Gasteiger partial charge in [0.2, 0.25) is 5.95 Å². The Hall–Kier alpha value is -3.55. The molecule has 2 aliphatic rings. The van der Waals surface area contributed by atoms with E-state index in [9.17, 15) is 14.7 Å². The van der Waals surface area contributed by atoms with Gasteiger partial charge in [-0.3, -0.25) is 9.69 Å². The lowest BCUT2D eigenvalue weighted by atomic mass is 9.86. The van der Waals surface area contributed by atoms with Crippen molar-refractivity contribution in [2.24, 2.45) is 5.92 Å². The van der Waals surface area contributed by atoms with Crippen molar-refractivity contribution < 1.29 is 19.4 Å². The number of imidazole rings is 1. The van der Waals surface area contributed by atoms with E-state index in [4.69, 9.17) is 9.72 Å². The van der Waals surface area contributed by atoms with Crippen LogP contribution in [0.1, 0.15) is 56.2 Å². The van der Waals surface area contributed by atoms with Crippen LogP contribution < -0.4 is 10.2 Å². The Morgan fingerprint density at radius 2 is 1.89 bits per heavy atom. The summed E-state index contributed by atoms with van der Waals surface area (Å²) in [6.45, 7) is 4.09. The molecule has 5 rings (SSSR count). The summed E-state index contributed by atoms with van der Waals surface area (Å²) in [5.41, 5.74) is 5.91. The van der Waals surface area contributed by atoms with Crippen molar-refractivity contribution in [1.29, 1.82) is 0 Å². The molecule has 0 bridgehead atoms. The Kier molecular flexibility index (Phi) is 6.13. The molecule has 1 aliphatic carbocycles. The molecule has 8 nitrogen and oxygen atoms in total. The number of hydrogen-bond acceptors (Lipinski definition) is 5. The summed E-state index contributed by atoms with van der Waals surface area (Å²) < 4.78 is 7.32. The number of nitrogens with one attached hydrogen (secondary N) is 1. The van der Waals surface area contributed by atoms with Gasteiger partial charge in [0.15, 0.2) is 0 Å². The molecule has 0 spiro atoms. The van der Waals surface area contributed by atoms with Crippen LogP contribution in [0.2, 0.25) is 0 Å².